The summed E-state index contributed by atoms with van der Waals surface area (Å²) < 4.78 is 34.6. The van der Waals surface area contributed by atoms with Gasteiger partial charge in [-0.2, -0.15) is 0 Å². The summed E-state index contributed by atoms with van der Waals surface area (Å²) in [7, 11) is -4.20. The van der Waals surface area contributed by atoms with Gasteiger partial charge in [-0.3, -0.25) is 13.9 Å². The van der Waals surface area contributed by atoms with E-state index in [1.807, 2.05) is 58.9 Å². The maximum Gasteiger partial charge on any atom is 0.264 e. The van der Waals surface area contributed by atoms with Crippen LogP contribution in [0, 0.1) is 6.92 Å². The third-order valence-electron chi connectivity index (χ3n) is 7.11. The molecule has 3 aromatic carbocycles. The Balaban J connectivity index is 2.07. The molecule has 0 saturated heterocycles. The lowest BCUT2D eigenvalue weighted by Crippen LogP contribution is -2.53. The van der Waals surface area contributed by atoms with Crippen LogP contribution in [0.2, 0.25) is 5.02 Å². The van der Waals surface area contributed by atoms with Gasteiger partial charge in [-0.1, -0.05) is 49.7 Å². The normalized spacial score (nSPS) is 12.7. The summed E-state index contributed by atoms with van der Waals surface area (Å²) in [6.45, 7) is 9.60. The molecule has 0 aliphatic heterocycles. The minimum Gasteiger partial charge on any atom is -0.494 e. The van der Waals surface area contributed by atoms with E-state index < -0.39 is 28.5 Å². The number of nitrogens with zero attached hydrogens (tertiary/aromatic N) is 2. The Kier molecular flexibility index (Phi) is 11.8. The Labute approximate surface area is 254 Å². The number of carbonyl (C=O) groups excluding carboxylic acids is 2. The van der Waals surface area contributed by atoms with E-state index in [4.69, 9.17) is 16.3 Å². The molecule has 0 aliphatic rings. The molecule has 1 N–H and O–H groups in total. The molecule has 8 nitrogen and oxygen atoms in total. The quantitative estimate of drug-likeness (QED) is 0.242. The number of hydrogen-bond donors (Lipinski definition) is 1. The molecule has 0 saturated carbocycles. The molecule has 0 spiro atoms. The highest BCUT2D eigenvalue weighted by molar-refractivity contribution is 7.92. The third-order valence-corrected chi connectivity index (χ3v) is 9.15. The first kappa shape index (κ1) is 32.9. The van der Waals surface area contributed by atoms with E-state index >= 15 is 0 Å². The molecule has 10 heteroatoms. The van der Waals surface area contributed by atoms with Gasteiger partial charge in [0, 0.05) is 17.6 Å². The molecule has 0 aromatic heterocycles. The van der Waals surface area contributed by atoms with E-state index in [0.717, 1.165) is 21.9 Å². The Hall–Kier alpha value is -3.56. The SMILES string of the molecule is CCOc1ccc(N(CC(=O)N(Cc2ccccc2C)[C@H](CC)C(=O)N[C@H](C)CC)S(=O)(=O)c2ccc(Cl)cc2)cc1. The molecule has 3 aromatic rings. The highest BCUT2D eigenvalue weighted by Gasteiger charge is 2.34. The van der Waals surface area contributed by atoms with Gasteiger partial charge in [-0.05, 0) is 93.3 Å². The summed E-state index contributed by atoms with van der Waals surface area (Å²) >= 11 is 6.03. The van der Waals surface area contributed by atoms with E-state index in [2.05, 4.69) is 5.32 Å². The zero-order valence-corrected chi connectivity index (χ0v) is 26.4. The average Bonchev–Trinajstić information content (AvgIpc) is 2.97. The third kappa shape index (κ3) is 8.26. The van der Waals surface area contributed by atoms with Crippen molar-refractivity contribution >= 4 is 39.1 Å². The number of rotatable bonds is 14. The zero-order chi connectivity index (χ0) is 30.9. The molecule has 3 rings (SSSR count). The topological polar surface area (TPSA) is 96.0 Å². The highest BCUT2D eigenvalue weighted by Crippen LogP contribution is 2.28. The number of amides is 2. The van der Waals surface area contributed by atoms with Gasteiger partial charge in [-0.15, -0.1) is 0 Å². The van der Waals surface area contributed by atoms with Gasteiger partial charge in [0.2, 0.25) is 11.8 Å². The largest absolute Gasteiger partial charge is 0.494 e. The van der Waals surface area contributed by atoms with E-state index in [9.17, 15) is 18.0 Å². The molecule has 226 valence electrons. The molecule has 0 aliphatic carbocycles. The Bertz CT molecular complexity index is 1450. The fourth-order valence-corrected chi connectivity index (χ4v) is 6.01. The number of halogens is 1. The monoisotopic (exact) mass is 613 g/mol. The van der Waals surface area contributed by atoms with Crippen molar-refractivity contribution in [1.82, 2.24) is 10.2 Å². The zero-order valence-electron chi connectivity index (χ0n) is 24.8. The van der Waals surface area contributed by atoms with E-state index in [-0.39, 0.29) is 29.1 Å². The van der Waals surface area contributed by atoms with Crippen LogP contribution in [0.3, 0.4) is 0 Å². The van der Waals surface area contributed by atoms with Crippen LogP contribution in [0.5, 0.6) is 5.75 Å². The predicted octanol–water partition coefficient (Wildman–Crippen LogP) is 5.96. The van der Waals surface area contributed by atoms with Crippen molar-refractivity contribution in [3.8, 4) is 5.75 Å². The number of anilines is 1. The van der Waals surface area contributed by atoms with Gasteiger partial charge >= 0.3 is 0 Å². The van der Waals surface area contributed by atoms with Crippen LogP contribution in [0.15, 0.2) is 77.7 Å². The Morgan fingerprint density at radius 3 is 2.14 bits per heavy atom. The number of hydrogen-bond acceptors (Lipinski definition) is 5. The highest BCUT2D eigenvalue weighted by atomic mass is 35.5. The maximum absolute atomic E-state index is 14.2. The molecule has 0 heterocycles. The lowest BCUT2D eigenvalue weighted by Gasteiger charge is -2.34. The summed E-state index contributed by atoms with van der Waals surface area (Å²) in [6, 6.07) is 19.1. The molecule has 2 atom stereocenters. The maximum atomic E-state index is 14.2. The summed E-state index contributed by atoms with van der Waals surface area (Å²) in [4.78, 5) is 29.1. The van der Waals surface area contributed by atoms with Gasteiger partial charge in [0.1, 0.15) is 18.3 Å². The molecular weight excluding hydrogens is 574 g/mol. The van der Waals surface area contributed by atoms with E-state index in [1.165, 1.54) is 29.2 Å². The summed E-state index contributed by atoms with van der Waals surface area (Å²) in [6.07, 6.45) is 1.09. The summed E-state index contributed by atoms with van der Waals surface area (Å²) in [5, 5.41) is 3.38. The number of benzene rings is 3. The van der Waals surface area contributed by atoms with Crippen LogP contribution in [0.4, 0.5) is 5.69 Å². The first-order chi connectivity index (χ1) is 20.0. The second-order valence-corrected chi connectivity index (χ2v) is 12.4. The molecule has 0 fully saturated rings. The van der Waals surface area contributed by atoms with Gasteiger partial charge < -0.3 is 15.0 Å². The van der Waals surface area contributed by atoms with Gasteiger partial charge in [0.05, 0.1) is 17.2 Å². The van der Waals surface area contributed by atoms with Gasteiger partial charge in [0.25, 0.3) is 10.0 Å². The lowest BCUT2D eigenvalue weighted by molar-refractivity contribution is -0.140. The number of carbonyl (C=O) groups is 2. The summed E-state index contributed by atoms with van der Waals surface area (Å²) in [5.41, 5.74) is 2.12. The minimum absolute atomic E-state index is 0.0133. The molecule has 0 unspecified atom stereocenters. The molecule has 0 bridgehead atoms. The van der Waals surface area contributed by atoms with Crippen molar-refractivity contribution < 1.29 is 22.7 Å². The van der Waals surface area contributed by atoms with Crippen molar-refractivity contribution in [3.05, 3.63) is 88.9 Å². The minimum atomic E-state index is -4.20. The number of nitrogens with one attached hydrogen (secondary N) is 1. The van der Waals surface area contributed by atoms with Crippen LogP contribution >= 0.6 is 11.6 Å². The lowest BCUT2D eigenvalue weighted by atomic mass is 10.1. The molecular formula is C32H40ClN3O5S. The smallest absolute Gasteiger partial charge is 0.264 e. The van der Waals surface area contributed by atoms with Gasteiger partial charge in [-0.25, -0.2) is 8.42 Å². The Morgan fingerprint density at radius 1 is 0.929 bits per heavy atom. The van der Waals surface area contributed by atoms with Crippen LogP contribution in [0.1, 0.15) is 51.7 Å². The van der Waals surface area contributed by atoms with Gasteiger partial charge in [0.15, 0.2) is 0 Å². The van der Waals surface area contributed by atoms with Crippen LogP contribution < -0.4 is 14.4 Å². The predicted molar refractivity (Wildman–Crippen MR) is 167 cm³/mol. The van der Waals surface area contributed by atoms with Crippen LogP contribution in [0.25, 0.3) is 0 Å². The van der Waals surface area contributed by atoms with Crippen molar-refractivity contribution in [2.24, 2.45) is 0 Å². The summed E-state index contributed by atoms with van der Waals surface area (Å²) in [5.74, 6) is -0.205. The first-order valence-corrected chi connectivity index (χ1v) is 16.0. The fourth-order valence-electron chi connectivity index (χ4n) is 4.47. The van der Waals surface area contributed by atoms with E-state index in [0.29, 0.717) is 23.8 Å². The standard InChI is InChI=1S/C32H40ClN3O5S/c1-6-24(5)34-32(38)30(7-2)35(21-25-12-10-9-11-23(25)4)31(37)22-36(27-15-17-28(18-16-27)41-8-3)42(39,40)29-19-13-26(33)14-20-29/h9-20,24,30H,6-8,21-22H2,1-5H3,(H,34,38)/t24-,30-/m1/s1. The van der Waals surface area contributed by atoms with Crippen molar-refractivity contribution in [2.45, 2.75) is 71.0 Å². The second kappa shape index (κ2) is 15.1. The Morgan fingerprint density at radius 2 is 1.57 bits per heavy atom. The van der Waals surface area contributed by atoms with Crippen molar-refractivity contribution in [3.63, 3.8) is 0 Å². The molecule has 42 heavy (non-hydrogen) atoms. The van der Waals surface area contributed by atoms with E-state index in [1.54, 1.807) is 24.3 Å². The van der Waals surface area contributed by atoms with Crippen molar-refractivity contribution in [1.29, 1.82) is 0 Å². The van der Waals surface area contributed by atoms with Crippen LogP contribution in [-0.2, 0) is 26.2 Å². The average molecular weight is 614 g/mol. The first-order valence-electron chi connectivity index (χ1n) is 14.2. The van der Waals surface area contributed by atoms with Crippen molar-refractivity contribution in [2.75, 3.05) is 17.5 Å². The number of sulfonamides is 1. The number of aryl methyl sites for hydroxylation is 1. The molecule has 2 amide bonds. The number of ether oxygens (including phenoxy) is 1. The molecule has 0 radical (unpaired) electrons. The fraction of sp³-hybridized carbons (Fsp3) is 0.375. The van der Waals surface area contributed by atoms with Crippen LogP contribution in [-0.4, -0.2) is 50.4 Å². The second-order valence-electron chi connectivity index (χ2n) is 10.1.